The molecule has 1 fully saturated rings. The molecule has 0 atom stereocenters. The van der Waals surface area contributed by atoms with Crippen LogP contribution in [0, 0.1) is 11.7 Å². The molecule has 1 amide bonds. The van der Waals surface area contributed by atoms with Crippen LogP contribution in [-0.2, 0) is 14.8 Å². The number of amides is 1. The van der Waals surface area contributed by atoms with Gasteiger partial charge in [0, 0.05) is 24.6 Å². The van der Waals surface area contributed by atoms with Crippen LogP contribution in [0.4, 0.5) is 10.4 Å². The van der Waals surface area contributed by atoms with Gasteiger partial charge in [-0.3, -0.25) is 10.1 Å². The second-order valence-corrected chi connectivity index (χ2v) is 9.83. The summed E-state index contributed by atoms with van der Waals surface area (Å²) in [6, 6.07) is 9.87. The van der Waals surface area contributed by atoms with Gasteiger partial charge in [-0.1, -0.05) is 5.10 Å². The van der Waals surface area contributed by atoms with E-state index in [4.69, 9.17) is 13.9 Å². The Bertz CT molecular complexity index is 1300. The number of carbonyl (C=O) groups excluding carboxylic acids is 1. The molecule has 0 bridgehead atoms. The number of nitrogens with one attached hydrogen (secondary N) is 1. The maximum Gasteiger partial charge on any atom is 0.322 e. The first-order valence-electron chi connectivity index (χ1n) is 10.7. The topological polar surface area (TPSA) is 124 Å². The number of halogens is 1. The van der Waals surface area contributed by atoms with E-state index in [1.165, 1.54) is 16.4 Å². The Balaban J connectivity index is 1.19. The summed E-state index contributed by atoms with van der Waals surface area (Å²) in [4.78, 5) is 12.7. The van der Waals surface area contributed by atoms with Gasteiger partial charge in [-0.05, 0) is 55.3 Å². The van der Waals surface area contributed by atoms with Crippen molar-refractivity contribution in [1.29, 1.82) is 0 Å². The van der Waals surface area contributed by atoms with Crippen LogP contribution in [-0.4, -0.2) is 55.1 Å². The molecule has 1 saturated heterocycles. The number of ether oxygens (including phenoxy) is 2. The number of sulfonamides is 1. The molecule has 3 aromatic rings. The molecular formula is C22H21FN4O6S. The number of piperidine rings is 1. The lowest BCUT2D eigenvalue weighted by atomic mass is 9.97. The molecule has 3 heterocycles. The summed E-state index contributed by atoms with van der Waals surface area (Å²) >= 11 is 0. The van der Waals surface area contributed by atoms with Gasteiger partial charge in [0.2, 0.25) is 21.8 Å². The highest BCUT2D eigenvalue weighted by Gasteiger charge is 2.32. The molecule has 0 unspecified atom stereocenters. The number of anilines is 1. The van der Waals surface area contributed by atoms with Crippen molar-refractivity contribution in [2.45, 2.75) is 17.7 Å². The number of fused-ring (bicyclic) bond motifs is 1. The normalized spacial score (nSPS) is 16.9. The van der Waals surface area contributed by atoms with Crippen LogP contribution >= 0.6 is 0 Å². The third-order valence-electron chi connectivity index (χ3n) is 5.72. The van der Waals surface area contributed by atoms with Crippen molar-refractivity contribution in [3.05, 3.63) is 48.3 Å². The lowest BCUT2D eigenvalue weighted by Crippen LogP contribution is -2.41. The molecule has 178 valence electrons. The van der Waals surface area contributed by atoms with E-state index in [-0.39, 0.29) is 35.8 Å². The molecule has 1 aromatic heterocycles. The molecule has 34 heavy (non-hydrogen) atoms. The van der Waals surface area contributed by atoms with Gasteiger partial charge in [0.1, 0.15) is 19.0 Å². The summed E-state index contributed by atoms with van der Waals surface area (Å²) in [6.45, 7) is 1.28. The van der Waals surface area contributed by atoms with Gasteiger partial charge in [0.05, 0.1) is 4.90 Å². The average molecular weight is 488 g/mol. The fourth-order valence-corrected chi connectivity index (χ4v) is 5.36. The van der Waals surface area contributed by atoms with Crippen molar-refractivity contribution >= 4 is 21.9 Å². The zero-order chi connectivity index (χ0) is 23.7. The molecular weight excluding hydrogens is 467 g/mol. The number of carbonyl (C=O) groups is 1. The first-order chi connectivity index (χ1) is 16.4. The minimum atomic E-state index is -3.75. The monoisotopic (exact) mass is 488 g/mol. The summed E-state index contributed by atoms with van der Waals surface area (Å²) < 4.78 is 56.5. The summed E-state index contributed by atoms with van der Waals surface area (Å²) in [5.74, 6) is 0.186. The van der Waals surface area contributed by atoms with Crippen molar-refractivity contribution in [3.63, 3.8) is 0 Å². The zero-order valence-electron chi connectivity index (χ0n) is 17.9. The fourth-order valence-electron chi connectivity index (χ4n) is 3.89. The Morgan fingerprint density at radius 3 is 2.44 bits per heavy atom. The molecule has 10 nitrogen and oxygen atoms in total. The van der Waals surface area contributed by atoms with Crippen LogP contribution < -0.4 is 14.8 Å². The maximum absolute atomic E-state index is 13.1. The number of aromatic nitrogens is 2. The first kappa shape index (κ1) is 22.3. The predicted octanol–water partition coefficient (Wildman–Crippen LogP) is 2.69. The summed E-state index contributed by atoms with van der Waals surface area (Å²) in [5, 5.41) is 10.5. The van der Waals surface area contributed by atoms with Crippen molar-refractivity contribution < 1.29 is 31.5 Å². The Labute approximate surface area is 194 Å². The SMILES string of the molecule is O=C(Nc1nnc(-c2ccc3c(c2)OCCO3)o1)C1CCN(S(=O)(=O)c2ccc(F)cc2)CC1. The summed E-state index contributed by atoms with van der Waals surface area (Å²) in [7, 11) is -3.75. The second kappa shape index (κ2) is 9.03. The maximum atomic E-state index is 13.1. The van der Waals surface area contributed by atoms with Crippen LogP contribution in [0.3, 0.4) is 0 Å². The highest BCUT2D eigenvalue weighted by atomic mass is 32.2. The fraction of sp³-hybridized carbons (Fsp3) is 0.318. The summed E-state index contributed by atoms with van der Waals surface area (Å²) in [6.07, 6.45) is 0.658. The molecule has 2 aliphatic rings. The van der Waals surface area contributed by atoms with E-state index in [9.17, 15) is 17.6 Å². The number of hydrogen-bond acceptors (Lipinski definition) is 8. The van der Waals surface area contributed by atoms with Gasteiger partial charge in [-0.15, -0.1) is 5.10 Å². The van der Waals surface area contributed by atoms with Crippen molar-refractivity contribution in [1.82, 2.24) is 14.5 Å². The Kier molecular flexibility index (Phi) is 5.92. The van der Waals surface area contributed by atoms with E-state index in [0.717, 1.165) is 12.1 Å². The van der Waals surface area contributed by atoms with E-state index in [0.29, 0.717) is 43.1 Å². The van der Waals surface area contributed by atoms with Crippen LogP contribution in [0.15, 0.2) is 51.8 Å². The Morgan fingerprint density at radius 1 is 1.00 bits per heavy atom. The first-order valence-corrected chi connectivity index (χ1v) is 12.1. The second-order valence-electron chi connectivity index (χ2n) is 7.89. The van der Waals surface area contributed by atoms with E-state index in [1.54, 1.807) is 18.2 Å². The third kappa shape index (κ3) is 4.46. The lowest BCUT2D eigenvalue weighted by molar-refractivity contribution is -0.121. The Hall–Kier alpha value is -3.51. The van der Waals surface area contributed by atoms with E-state index in [2.05, 4.69) is 15.5 Å². The molecule has 5 rings (SSSR count). The standard InChI is InChI=1S/C22H21FN4O6S/c23-16-2-4-17(5-3-16)34(29,30)27-9-7-14(8-10-27)20(28)24-22-26-25-21(33-22)15-1-6-18-19(13-15)32-12-11-31-18/h1-6,13-14H,7-12H2,(H,24,26,28). The molecule has 0 saturated carbocycles. The Morgan fingerprint density at radius 2 is 1.71 bits per heavy atom. The summed E-state index contributed by atoms with van der Waals surface area (Å²) in [5.41, 5.74) is 0.622. The lowest BCUT2D eigenvalue weighted by Gasteiger charge is -2.30. The molecule has 0 radical (unpaired) electrons. The number of rotatable bonds is 5. The smallest absolute Gasteiger partial charge is 0.322 e. The number of hydrogen-bond donors (Lipinski definition) is 1. The highest BCUT2D eigenvalue weighted by molar-refractivity contribution is 7.89. The van der Waals surface area contributed by atoms with Gasteiger partial charge in [0.15, 0.2) is 11.5 Å². The minimum Gasteiger partial charge on any atom is -0.486 e. The molecule has 0 aliphatic carbocycles. The largest absolute Gasteiger partial charge is 0.486 e. The number of nitrogens with zero attached hydrogens (tertiary/aromatic N) is 3. The average Bonchev–Trinajstić information content (AvgIpc) is 3.32. The van der Waals surface area contributed by atoms with Crippen LogP contribution in [0.25, 0.3) is 11.5 Å². The number of benzene rings is 2. The van der Waals surface area contributed by atoms with Crippen LogP contribution in [0.2, 0.25) is 0 Å². The van der Waals surface area contributed by atoms with Crippen molar-refractivity contribution in [2.75, 3.05) is 31.6 Å². The zero-order valence-corrected chi connectivity index (χ0v) is 18.8. The van der Waals surface area contributed by atoms with Crippen molar-refractivity contribution in [3.8, 4) is 23.0 Å². The highest BCUT2D eigenvalue weighted by Crippen LogP contribution is 2.34. The van der Waals surface area contributed by atoms with E-state index >= 15 is 0 Å². The molecule has 0 spiro atoms. The quantitative estimate of drug-likeness (QED) is 0.581. The van der Waals surface area contributed by atoms with Crippen LogP contribution in [0.1, 0.15) is 12.8 Å². The molecule has 2 aromatic carbocycles. The van der Waals surface area contributed by atoms with Gasteiger partial charge in [-0.25, -0.2) is 12.8 Å². The minimum absolute atomic E-state index is 0.0225. The van der Waals surface area contributed by atoms with E-state index < -0.39 is 21.8 Å². The van der Waals surface area contributed by atoms with Gasteiger partial charge in [0.25, 0.3) is 0 Å². The molecule has 1 N–H and O–H groups in total. The molecule has 2 aliphatic heterocycles. The predicted molar refractivity (Wildman–Crippen MR) is 117 cm³/mol. The molecule has 12 heteroatoms. The van der Waals surface area contributed by atoms with Crippen molar-refractivity contribution in [2.24, 2.45) is 5.92 Å². The van der Waals surface area contributed by atoms with Gasteiger partial charge >= 0.3 is 6.01 Å². The van der Waals surface area contributed by atoms with Crippen LogP contribution in [0.5, 0.6) is 11.5 Å². The third-order valence-corrected chi connectivity index (χ3v) is 7.63. The van der Waals surface area contributed by atoms with Gasteiger partial charge in [-0.2, -0.15) is 4.31 Å². The van der Waals surface area contributed by atoms with Gasteiger partial charge < -0.3 is 13.9 Å². The van der Waals surface area contributed by atoms with E-state index in [1.807, 2.05) is 0 Å².